The minimum absolute atomic E-state index is 0.0117. The highest BCUT2D eigenvalue weighted by Crippen LogP contribution is 2.20. The maximum atomic E-state index is 12.4. The van der Waals surface area contributed by atoms with Crippen LogP contribution in [-0.4, -0.2) is 41.4 Å². The summed E-state index contributed by atoms with van der Waals surface area (Å²) < 4.78 is 9.88. The van der Waals surface area contributed by atoms with Gasteiger partial charge in [-0.3, -0.25) is 14.6 Å². The number of aromatic amines is 1. The van der Waals surface area contributed by atoms with Crippen molar-refractivity contribution in [3.8, 4) is 0 Å². The molecule has 1 aromatic carbocycles. The Morgan fingerprint density at radius 1 is 1.11 bits per heavy atom. The van der Waals surface area contributed by atoms with E-state index in [0.717, 1.165) is 16.5 Å². The maximum absolute atomic E-state index is 12.4. The van der Waals surface area contributed by atoms with Gasteiger partial charge >= 0.3 is 11.9 Å². The Labute approximate surface area is 161 Å². The number of benzene rings is 1. The number of hydrogen-bond acceptors (Lipinski definition) is 6. The Balaban J connectivity index is 1.68. The molecule has 0 atom stereocenters. The molecule has 7 nitrogen and oxygen atoms in total. The molecular weight excluding hydrogens is 360 g/mol. The normalized spacial score (nSPS) is 10.7. The summed E-state index contributed by atoms with van der Waals surface area (Å²) in [7, 11) is 1.28. The highest BCUT2D eigenvalue weighted by molar-refractivity contribution is 6.02. The molecule has 0 spiro atoms. The first-order chi connectivity index (χ1) is 13.4. The lowest BCUT2D eigenvalue weighted by Crippen LogP contribution is -2.17. The van der Waals surface area contributed by atoms with Gasteiger partial charge in [-0.1, -0.05) is 24.3 Å². The molecule has 0 aliphatic carbocycles. The predicted molar refractivity (Wildman–Crippen MR) is 102 cm³/mol. The lowest BCUT2D eigenvalue weighted by Gasteiger charge is -2.07. The third-order valence-corrected chi connectivity index (χ3v) is 4.52. The number of Topliss-reactive ketones (excluding diaryl/α,β-unsaturated/α-hetero) is 1. The number of carbonyl (C=O) groups is 3. The quantitative estimate of drug-likeness (QED) is 0.521. The second-order valence-electron chi connectivity index (χ2n) is 6.37. The number of carbonyl (C=O) groups excluding carboxylic acids is 3. The molecule has 28 heavy (non-hydrogen) atoms. The highest BCUT2D eigenvalue weighted by Gasteiger charge is 2.23. The number of rotatable bonds is 6. The Hall–Kier alpha value is -3.48. The van der Waals surface area contributed by atoms with Crippen LogP contribution < -0.4 is 0 Å². The number of H-pyrrole nitrogens is 1. The number of aromatic nitrogens is 2. The highest BCUT2D eigenvalue weighted by atomic mass is 16.5. The number of esters is 2. The molecule has 7 heteroatoms. The van der Waals surface area contributed by atoms with Gasteiger partial charge in [0.1, 0.15) is 0 Å². The molecule has 0 aliphatic heterocycles. The fourth-order valence-electron chi connectivity index (χ4n) is 3.17. The van der Waals surface area contributed by atoms with E-state index < -0.39 is 24.3 Å². The van der Waals surface area contributed by atoms with E-state index in [9.17, 15) is 14.4 Å². The van der Waals surface area contributed by atoms with Crippen LogP contribution in [0.2, 0.25) is 0 Å². The van der Waals surface area contributed by atoms with Crippen LogP contribution in [0, 0.1) is 13.8 Å². The third kappa shape index (κ3) is 3.78. The first-order valence-electron chi connectivity index (χ1n) is 8.71. The van der Waals surface area contributed by atoms with E-state index in [4.69, 9.17) is 9.47 Å². The summed E-state index contributed by atoms with van der Waals surface area (Å²) in [6.07, 6.45) is 1.67. The van der Waals surface area contributed by atoms with Crippen LogP contribution in [0.15, 0.2) is 36.5 Å². The van der Waals surface area contributed by atoms with Crippen LogP contribution in [0.4, 0.5) is 0 Å². The molecule has 2 heterocycles. The molecule has 0 fully saturated rings. The summed E-state index contributed by atoms with van der Waals surface area (Å²) in [5, 5.41) is 0.928. The van der Waals surface area contributed by atoms with E-state index in [0.29, 0.717) is 16.8 Å². The van der Waals surface area contributed by atoms with Gasteiger partial charge in [0.15, 0.2) is 6.61 Å². The Morgan fingerprint density at radius 3 is 2.61 bits per heavy atom. The summed E-state index contributed by atoms with van der Waals surface area (Å²) in [5.41, 5.74) is 3.02. The summed E-state index contributed by atoms with van der Waals surface area (Å²) in [6.45, 7) is 2.90. The lowest BCUT2D eigenvalue weighted by molar-refractivity contribution is -0.141. The standard InChI is InChI=1S/C21H20N2O5/c1-12-18(21(26)27-3)13(2)23-19(12)16(24)11-28-17(25)10-15-7-4-6-14-8-5-9-22-20(14)15/h4-9,23H,10-11H2,1-3H3. The predicted octanol–water partition coefficient (Wildman–Crippen LogP) is 2.93. The fourth-order valence-corrected chi connectivity index (χ4v) is 3.17. The number of para-hydroxylation sites is 1. The minimum atomic E-state index is -0.527. The number of pyridine rings is 1. The zero-order valence-electron chi connectivity index (χ0n) is 15.9. The first kappa shape index (κ1) is 19.3. The first-order valence-corrected chi connectivity index (χ1v) is 8.71. The SMILES string of the molecule is COC(=O)c1c(C)[nH]c(C(=O)COC(=O)Cc2cccc3cccnc23)c1C. The molecule has 0 bridgehead atoms. The van der Waals surface area contributed by atoms with Crippen molar-refractivity contribution in [3.63, 3.8) is 0 Å². The van der Waals surface area contributed by atoms with E-state index in [-0.39, 0.29) is 12.1 Å². The summed E-state index contributed by atoms with van der Waals surface area (Å²) >= 11 is 0. The van der Waals surface area contributed by atoms with E-state index in [1.807, 2.05) is 24.3 Å². The van der Waals surface area contributed by atoms with Crippen molar-refractivity contribution in [2.24, 2.45) is 0 Å². The molecular formula is C21H20N2O5. The topological polar surface area (TPSA) is 98.4 Å². The number of hydrogen-bond donors (Lipinski definition) is 1. The molecule has 0 saturated heterocycles. The Morgan fingerprint density at radius 2 is 1.86 bits per heavy atom. The zero-order chi connectivity index (χ0) is 20.3. The van der Waals surface area contributed by atoms with Crippen LogP contribution in [0.5, 0.6) is 0 Å². The molecule has 1 N–H and O–H groups in total. The number of nitrogens with zero attached hydrogens (tertiary/aromatic N) is 1. The van der Waals surface area contributed by atoms with E-state index in [1.54, 1.807) is 26.1 Å². The van der Waals surface area contributed by atoms with Crippen molar-refractivity contribution in [3.05, 3.63) is 64.6 Å². The third-order valence-electron chi connectivity index (χ3n) is 4.52. The Bertz CT molecular complexity index is 1060. The van der Waals surface area contributed by atoms with Gasteiger partial charge in [-0.2, -0.15) is 0 Å². The van der Waals surface area contributed by atoms with E-state index in [2.05, 4.69) is 9.97 Å². The average molecular weight is 380 g/mol. The van der Waals surface area contributed by atoms with Gasteiger partial charge in [0.05, 0.1) is 30.3 Å². The van der Waals surface area contributed by atoms with Gasteiger partial charge < -0.3 is 14.5 Å². The summed E-state index contributed by atoms with van der Waals surface area (Å²) in [4.78, 5) is 43.7. The zero-order valence-corrected chi connectivity index (χ0v) is 15.9. The number of ketones is 1. The summed E-state index contributed by atoms with van der Waals surface area (Å²) in [6, 6.07) is 9.30. The van der Waals surface area contributed by atoms with Crippen LogP contribution in [0.3, 0.4) is 0 Å². The van der Waals surface area contributed by atoms with Gasteiger partial charge in [0, 0.05) is 17.3 Å². The van der Waals surface area contributed by atoms with Gasteiger partial charge in [-0.05, 0) is 31.0 Å². The van der Waals surface area contributed by atoms with E-state index >= 15 is 0 Å². The van der Waals surface area contributed by atoms with Crippen molar-refractivity contribution >= 4 is 28.6 Å². The van der Waals surface area contributed by atoms with Crippen molar-refractivity contribution in [2.75, 3.05) is 13.7 Å². The van der Waals surface area contributed by atoms with Crippen LogP contribution >= 0.6 is 0 Å². The van der Waals surface area contributed by atoms with Gasteiger partial charge in [-0.15, -0.1) is 0 Å². The van der Waals surface area contributed by atoms with Crippen molar-refractivity contribution in [1.82, 2.24) is 9.97 Å². The largest absolute Gasteiger partial charge is 0.465 e. The smallest absolute Gasteiger partial charge is 0.339 e. The number of aryl methyl sites for hydroxylation is 1. The summed E-state index contributed by atoms with van der Waals surface area (Å²) in [5.74, 6) is -1.47. The molecule has 2 aromatic heterocycles. The number of nitrogens with one attached hydrogen (secondary N) is 1. The Kier molecular flexibility index (Phi) is 5.54. The van der Waals surface area contributed by atoms with Crippen molar-refractivity contribution < 1.29 is 23.9 Å². The molecule has 3 aromatic rings. The van der Waals surface area contributed by atoms with Crippen LogP contribution in [-0.2, 0) is 20.7 Å². The second kappa shape index (κ2) is 8.04. The second-order valence-corrected chi connectivity index (χ2v) is 6.37. The molecule has 0 radical (unpaired) electrons. The molecule has 144 valence electrons. The molecule has 0 unspecified atom stereocenters. The average Bonchev–Trinajstić information content (AvgIpc) is 3.00. The monoisotopic (exact) mass is 380 g/mol. The molecule has 0 aliphatic rings. The van der Waals surface area contributed by atoms with Gasteiger partial charge in [-0.25, -0.2) is 4.79 Å². The van der Waals surface area contributed by atoms with Crippen LogP contribution in [0.1, 0.15) is 37.7 Å². The van der Waals surface area contributed by atoms with Gasteiger partial charge in [0.2, 0.25) is 5.78 Å². The lowest BCUT2D eigenvalue weighted by atomic mass is 10.1. The molecule has 0 saturated carbocycles. The number of methoxy groups -OCH3 is 1. The minimum Gasteiger partial charge on any atom is -0.465 e. The van der Waals surface area contributed by atoms with E-state index in [1.165, 1.54) is 7.11 Å². The van der Waals surface area contributed by atoms with Crippen molar-refractivity contribution in [2.45, 2.75) is 20.3 Å². The molecule has 0 amide bonds. The molecule has 3 rings (SSSR count). The fraction of sp³-hybridized carbons (Fsp3) is 0.238. The number of fused-ring (bicyclic) bond motifs is 1. The number of ether oxygens (including phenoxy) is 2. The van der Waals surface area contributed by atoms with Crippen LogP contribution in [0.25, 0.3) is 10.9 Å². The van der Waals surface area contributed by atoms with Gasteiger partial charge in [0.25, 0.3) is 0 Å². The van der Waals surface area contributed by atoms with Crippen molar-refractivity contribution in [1.29, 1.82) is 0 Å². The maximum Gasteiger partial charge on any atom is 0.339 e.